The number of halogens is 1. The van der Waals surface area contributed by atoms with Crippen molar-refractivity contribution in [2.75, 3.05) is 11.4 Å². The fourth-order valence-electron chi connectivity index (χ4n) is 3.35. The fraction of sp³-hybridized carbons (Fsp3) is 0.208. The van der Waals surface area contributed by atoms with E-state index in [1.165, 1.54) is 0 Å². The van der Waals surface area contributed by atoms with Crippen molar-refractivity contribution in [3.05, 3.63) is 88.7 Å². The number of hydrogen-bond acceptors (Lipinski definition) is 5. The number of carbonyl (C=O) groups is 2. The van der Waals surface area contributed by atoms with Crippen LogP contribution < -0.4 is 9.64 Å². The second kappa shape index (κ2) is 9.62. The number of ether oxygens (including phenoxy) is 2. The number of pyridine rings is 1. The SMILES string of the molecule is O=C(OCc1ccc(OCc2ccccn2)cc1)c1ccc(Cl)cc1N1CCCC1=O. The summed E-state index contributed by atoms with van der Waals surface area (Å²) in [6.45, 7) is 1.05. The largest absolute Gasteiger partial charge is 0.487 e. The molecule has 0 atom stereocenters. The summed E-state index contributed by atoms with van der Waals surface area (Å²) in [7, 11) is 0. The van der Waals surface area contributed by atoms with Crippen molar-refractivity contribution in [1.29, 1.82) is 0 Å². The zero-order valence-corrected chi connectivity index (χ0v) is 17.5. The lowest BCUT2D eigenvalue weighted by atomic mass is 10.1. The Bertz CT molecular complexity index is 1070. The number of nitrogens with zero attached hydrogens (tertiary/aromatic N) is 2. The first-order chi connectivity index (χ1) is 15.1. The first kappa shape index (κ1) is 20.9. The van der Waals surface area contributed by atoms with Crippen LogP contribution in [0.2, 0.25) is 5.02 Å². The molecule has 1 saturated heterocycles. The van der Waals surface area contributed by atoms with Gasteiger partial charge in [0.2, 0.25) is 5.91 Å². The third-order valence-electron chi connectivity index (χ3n) is 4.95. The van der Waals surface area contributed by atoms with E-state index in [0.717, 1.165) is 17.7 Å². The number of benzene rings is 2. The third-order valence-corrected chi connectivity index (χ3v) is 5.19. The van der Waals surface area contributed by atoms with Gasteiger partial charge in [-0.15, -0.1) is 0 Å². The summed E-state index contributed by atoms with van der Waals surface area (Å²) >= 11 is 6.09. The predicted molar refractivity (Wildman–Crippen MR) is 117 cm³/mol. The van der Waals surface area contributed by atoms with Gasteiger partial charge in [0.25, 0.3) is 0 Å². The Balaban J connectivity index is 1.37. The Morgan fingerprint density at radius 1 is 1.06 bits per heavy atom. The Morgan fingerprint density at radius 3 is 2.61 bits per heavy atom. The van der Waals surface area contributed by atoms with Crippen molar-refractivity contribution < 1.29 is 19.1 Å². The van der Waals surface area contributed by atoms with Crippen LogP contribution in [0.5, 0.6) is 5.75 Å². The summed E-state index contributed by atoms with van der Waals surface area (Å²) in [5, 5.41) is 0.465. The molecule has 1 amide bonds. The molecule has 0 radical (unpaired) electrons. The summed E-state index contributed by atoms with van der Waals surface area (Å²) in [4.78, 5) is 30.6. The molecule has 3 aromatic rings. The van der Waals surface area contributed by atoms with Crippen molar-refractivity contribution in [1.82, 2.24) is 4.98 Å². The van der Waals surface area contributed by atoms with E-state index in [4.69, 9.17) is 21.1 Å². The van der Waals surface area contributed by atoms with E-state index in [2.05, 4.69) is 4.98 Å². The highest BCUT2D eigenvalue weighted by Crippen LogP contribution is 2.29. The Kier molecular flexibility index (Phi) is 6.48. The van der Waals surface area contributed by atoms with E-state index >= 15 is 0 Å². The molecule has 0 bridgehead atoms. The number of carbonyl (C=O) groups excluding carboxylic acids is 2. The van der Waals surface area contributed by atoms with Gasteiger partial charge in [-0.1, -0.05) is 29.8 Å². The smallest absolute Gasteiger partial charge is 0.340 e. The van der Waals surface area contributed by atoms with Crippen LogP contribution in [-0.4, -0.2) is 23.4 Å². The van der Waals surface area contributed by atoms with Gasteiger partial charge in [0.15, 0.2) is 0 Å². The molecule has 0 saturated carbocycles. The van der Waals surface area contributed by atoms with Crippen LogP contribution in [0.15, 0.2) is 66.9 Å². The van der Waals surface area contributed by atoms with E-state index in [9.17, 15) is 9.59 Å². The van der Waals surface area contributed by atoms with Gasteiger partial charge in [0.1, 0.15) is 19.0 Å². The highest BCUT2D eigenvalue weighted by atomic mass is 35.5. The zero-order chi connectivity index (χ0) is 21.6. The minimum absolute atomic E-state index is 0.0161. The molecule has 0 unspecified atom stereocenters. The van der Waals surface area contributed by atoms with Crippen molar-refractivity contribution in [2.45, 2.75) is 26.1 Å². The number of hydrogen-bond donors (Lipinski definition) is 0. The average Bonchev–Trinajstić information content (AvgIpc) is 3.23. The third kappa shape index (κ3) is 5.22. The van der Waals surface area contributed by atoms with Gasteiger partial charge in [-0.2, -0.15) is 0 Å². The molecule has 7 heteroatoms. The summed E-state index contributed by atoms with van der Waals surface area (Å²) in [6.07, 6.45) is 2.95. The second-order valence-electron chi connectivity index (χ2n) is 7.14. The molecule has 2 aromatic carbocycles. The maximum Gasteiger partial charge on any atom is 0.340 e. The zero-order valence-electron chi connectivity index (χ0n) is 16.8. The summed E-state index contributed by atoms with van der Waals surface area (Å²) in [5.74, 6) is 0.188. The van der Waals surface area contributed by atoms with Gasteiger partial charge in [-0.05, 0) is 54.4 Å². The minimum atomic E-state index is -0.498. The molecule has 4 rings (SSSR count). The maximum atomic E-state index is 12.7. The number of aromatic nitrogens is 1. The van der Waals surface area contributed by atoms with Gasteiger partial charge in [0, 0.05) is 24.2 Å². The second-order valence-corrected chi connectivity index (χ2v) is 7.58. The molecule has 6 nitrogen and oxygen atoms in total. The summed E-state index contributed by atoms with van der Waals surface area (Å²) < 4.78 is 11.2. The lowest BCUT2D eigenvalue weighted by Crippen LogP contribution is -2.26. The fourth-order valence-corrected chi connectivity index (χ4v) is 3.52. The van der Waals surface area contributed by atoms with Crippen molar-refractivity contribution in [3.63, 3.8) is 0 Å². The van der Waals surface area contributed by atoms with Crippen LogP contribution in [0.1, 0.15) is 34.5 Å². The van der Waals surface area contributed by atoms with Gasteiger partial charge in [-0.25, -0.2) is 4.79 Å². The van der Waals surface area contributed by atoms with Crippen LogP contribution in [0.3, 0.4) is 0 Å². The van der Waals surface area contributed by atoms with E-state index in [1.807, 2.05) is 42.5 Å². The first-order valence-electron chi connectivity index (χ1n) is 9.99. The number of rotatable bonds is 7. The molecule has 1 aliphatic rings. The van der Waals surface area contributed by atoms with E-state index in [0.29, 0.717) is 41.6 Å². The molecule has 0 N–H and O–H groups in total. The molecule has 1 aromatic heterocycles. The summed E-state index contributed by atoms with van der Waals surface area (Å²) in [6, 6.07) is 17.8. The molecule has 1 aliphatic heterocycles. The van der Waals surface area contributed by atoms with Crippen molar-refractivity contribution in [2.24, 2.45) is 0 Å². The Morgan fingerprint density at radius 2 is 1.90 bits per heavy atom. The van der Waals surface area contributed by atoms with Crippen LogP contribution in [0.4, 0.5) is 5.69 Å². The van der Waals surface area contributed by atoms with Gasteiger partial charge >= 0.3 is 5.97 Å². The number of esters is 1. The molecular formula is C24H21ClN2O4. The van der Waals surface area contributed by atoms with Crippen LogP contribution in [0.25, 0.3) is 0 Å². The average molecular weight is 437 g/mol. The number of anilines is 1. The monoisotopic (exact) mass is 436 g/mol. The maximum absolute atomic E-state index is 12.7. The van der Waals surface area contributed by atoms with Gasteiger partial charge in [0.05, 0.1) is 16.9 Å². The van der Waals surface area contributed by atoms with E-state index in [1.54, 1.807) is 29.3 Å². The highest BCUT2D eigenvalue weighted by Gasteiger charge is 2.26. The van der Waals surface area contributed by atoms with E-state index < -0.39 is 5.97 Å². The highest BCUT2D eigenvalue weighted by molar-refractivity contribution is 6.31. The molecule has 158 valence electrons. The van der Waals surface area contributed by atoms with Gasteiger partial charge in [-0.3, -0.25) is 9.78 Å². The molecular weight excluding hydrogens is 416 g/mol. The predicted octanol–water partition coefficient (Wildman–Crippen LogP) is 4.80. The molecule has 2 heterocycles. The summed E-state index contributed by atoms with van der Waals surface area (Å²) in [5.41, 5.74) is 2.50. The lowest BCUT2D eigenvalue weighted by molar-refractivity contribution is -0.117. The quantitative estimate of drug-likeness (QED) is 0.498. The molecule has 0 aliphatic carbocycles. The Hall–Kier alpha value is -3.38. The van der Waals surface area contributed by atoms with Gasteiger partial charge < -0.3 is 14.4 Å². The van der Waals surface area contributed by atoms with Crippen LogP contribution in [-0.2, 0) is 22.7 Å². The van der Waals surface area contributed by atoms with E-state index in [-0.39, 0.29) is 12.5 Å². The van der Waals surface area contributed by atoms with Crippen LogP contribution in [0, 0.1) is 0 Å². The lowest BCUT2D eigenvalue weighted by Gasteiger charge is -2.19. The normalized spacial score (nSPS) is 13.3. The first-order valence-corrected chi connectivity index (χ1v) is 10.4. The van der Waals surface area contributed by atoms with Crippen LogP contribution >= 0.6 is 11.6 Å². The Labute approximate surface area is 185 Å². The number of amides is 1. The standard InChI is InChI=1S/C24H21ClN2O4/c25-18-8-11-21(22(14-18)27-13-3-5-23(27)28)24(29)31-15-17-6-9-20(10-7-17)30-16-19-4-1-2-12-26-19/h1-2,4,6-12,14H,3,5,13,15-16H2. The molecule has 1 fully saturated rings. The van der Waals surface area contributed by atoms with Crippen molar-refractivity contribution >= 4 is 29.2 Å². The van der Waals surface area contributed by atoms with Crippen molar-refractivity contribution in [3.8, 4) is 5.75 Å². The molecule has 31 heavy (non-hydrogen) atoms. The molecule has 0 spiro atoms. The topological polar surface area (TPSA) is 68.7 Å². The minimum Gasteiger partial charge on any atom is -0.487 e.